The number of hydrogen-bond acceptors (Lipinski definition) is 5. The van der Waals surface area contributed by atoms with Crippen molar-refractivity contribution in [3.8, 4) is 0 Å². The van der Waals surface area contributed by atoms with Gasteiger partial charge in [0.1, 0.15) is 0 Å². The van der Waals surface area contributed by atoms with Crippen LogP contribution >= 0.6 is 11.3 Å². The summed E-state index contributed by atoms with van der Waals surface area (Å²) < 4.78 is 0. The maximum absolute atomic E-state index is 13.2. The van der Waals surface area contributed by atoms with Gasteiger partial charge in [-0.2, -0.15) is 11.3 Å². The molecule has 1 aromatic carbocycles. The van der Waals surface area contributed by atoms with Gasteiger partial charge in [0.25, 0.3) is 0 Å². The van der Waals surface area contributed by atoms with Gasteiger partial charge in [-0.05, 0) is 83.6 Å². The molecule has 3 aromatic rings. The predicted molar refractivity (Wildman–Crippen MR) is 132 cm³/mol. The van der Waals surface area contributed by atoms with E-state index >= 15 is 0 Å². The Morgan fingerprint density at radius 1 is 1.15 bits per heavy atom. The molecule has 0 N–H and O–H groups in total. The van der Waals surface area contributed by atoms with Crippen LogP contribution < -0.4 is 0 Å². The first-order valence-corrected chi connectivity index (χ1v) is 12.7. The second-order valence-electron chi connectivity index (χ2n) is 9.49. The van der Waals surface area contributed by atoms with Gasteiger partial charge in [0.05, 0.1) is 18.7 Å². The molecule has 6 rings (SSSR count). The summed E-state index contributed by atoms with van der Waals surface area (Å²) in [5.41, 5.74) is 9.48. The fourth-order valence-corrected chi connectivity index (χ4v) is 6.19. The molecule has 1 saturated heterocycles. The molecule has 1 fully saturated rings. The van der Waals surface area contributed by atoms with E-state index < -0.39 is 0 Å². The molecule has 0 spiro atoms. The van der Waals surface area contributed by atoms with Gasteiger partial charge >= 0.3 is 0 Å². The summed E-state index contributed by atoms with van der Waals surface area (Å²) in [5, 5.41) is 4.38. The highest BCUT2D eigenvalue weighted by Gasteiger charge is 2.33. The quantitative estimate of drug-likeness (QED) is 0.586. The molecule has 2 aromatic heterocycles. The number of thiophene rings is 1. The number of likely N-dealkylation sites (tertiary alicyclic amines) is 1. The highest BCUT2D eigenvalue weighted by atomic mass is 32.1. The maximum Gasteiger partial charge on any atom is 0.227 e. The van der Waals surface area contributed by atoms with Crippen LogP contribution in [-0.4, -0.2) is 45.5 Å². The minimum atomic E-state index is 0.272. The average molecular weight is 457 g/mol. The van der Waals surface area contributed by atoms with Gasteiger partial charge in [0, 0.05) is 48.7 Å². The summed E-state index contributed by atoms with van der Waals surface area (Å²) in [5.74, 6) is 0.272. The molecular formula is C27H28N4OS. The molecule has 33 heavy (non-hydrogen) atoms. The van der Waals surface area contributed by atoms with E-state index in [9.17, 15) is 4.79 Å². The number of aromatic nitrogens is 1. The number of hydrogen-bond donors (Lipinski definition) is 0. The lowest BCUT2D eigenvalue weighted by molar-refractivity contribution is -0.135. The molecule has 0 unspecified atom stereocenters. The molecule has 1 atom stereocenters. The Kier molecular flexibility index (Phi) is 5.35. The van der Waals surface area contributed by atoms with Crippen LogP contribution in [0.5, 0.6) is 0 Å². The van der Waals surface area contributed by atoms with E-state index in [0.717, 1.165) is 49.4 Å². The minimum Gasteiger partial charge on any atom is -0.334 e. The number of amides is 1. The van der Waals surface area contributed by atoms with Crippen LogP contribution in [0.2, 0.25) is 0 Å². The molecule has 3 aliphatic rings. The molecule has 3 aliphatic heterocycles. The van der Waals surface area contributed by atoms with E-state index in [-0.39, 0.29) is 5.91 Å². The van der Waals surface area contributed by atoms with E-state index in [1.54, 1.807) is 11.3 Å². The van der Waals surface area contributed by atoms with Crippen molar-refractivity contribution in [2.24, 2.45) is 4.99 Å². The van der Waals surface area contributed by atoms with Gasteiger partial charge in [0.15, 0.2) is 0 Å². The van der Waals surface area contributed by atoms with Gasteiger partial charge in [-0.1, -0.05) is 6.07 Å². The molecule has 0 radical (unpaired) electrons. The minimum absolute atomic E-state index is 0.272. The number of nitrogens with zero attached hydrogens (tertiary/aromatic N) is 4. The monoisotopic (exact) mass is 456 g/mol. The van der Waals surface area contributed by atoms with Crippen LogP contribution in [0.1, 0.15) is 51.9 Å². The third-order valence-corrected chi connectivity index (χ3v) is 7.90. The van der Waals surface area contributed by atoms with Crippen molar-refractivity contribution >= 4 is 23.0 Å². The SMILES string of the molecule is Cc1cc(C2=NCc3cc4c(cc32)CN([C@@H]2CCCN(Cc3ccsc3)C2)C(=O)C4)ccn1. The first-order chi connectivity index (χ1) is 16.1. The number of rotatable bonds is 4. The van der Waals surface area contributed by atoms with Gasteiger partial charge in [-0.15, -0.1) is 0 Å². The number of benzene rings is 1. The Morgan fingerprint density at radius 3 is 2.94 bits per heavy atom. The summed E-state index contributed by atoms with van der Waals surface area (Å²) in [6.45, 7) is 6.48. The molecule has 1 amide bonds. The highest BCUT2D eigenvalue weighted by Crippen LogP contribution is 2.32. The molecule has 5 nitrogen and oxygen atoms in total. The van der Waals surface area contributed by atoms with Crippen LogP contribution in [0.4, 0.5) is 0 Å². The summed E-state index contributed by atoms with van der Waals surface area (Å²) in [7, 11) is 0. The normalized spacial score (nSPS) is 20.5. The van der Waals surface area contributed by atoms with Crippen LogP contribution in [0.15, 0.2) is 52.3 Å². The van der Waals surface area contributed by atoms with Gasteiger partial charge < -0.3 is 4.90 Å². The van der Waals surface area contributed by atoms with Crippen LogP contribution in [-0.2, 0) is 30.8 Å². The topological polar surface area (TPSA) is 48.8 Å². The van der Waals surface area contributed by atoms with Crippen molar-refractivity contribution in [3.05, 3.63) is 86.4 Å². The van der Waals surface area contributed by atoms with Crippen LogP contribution in [0.25, 0.3) is 0 Å². The van der Waals surface area contributed by atoms with Gasteiger partial charge in [-0.3, -0.25) is 19.7 Å². The van der Waals surface area contributed by atoms with E-state index in [0.29, 0.717) is 25.6 Å². The van der Waals surface area contributed by atoms with Crippen LogP contribution in [0.3, 0.4) is 0 Å². The highest BCUT2D eigenvalue weighted by molar-refractivity contribution is 7.07. The standard InChI is InChI=1S/C27H28N4OS/c1-18-9-20(4-6-28-18)27-25-11-23-15-31(26(32)12-21(23)10-22(25)13-29-27)24-3-2-7-30(16-24)14-19-5-8-33-17-19/h4-6,8-11,17,24H,2-3,7,12-16H2,1H3/t24-/m1/s1. The largest absolute Gasteiger partial charge is 0.334 e. The second-order valence-corrected chi connectivity index (χ2v) is 10.3. The Hall–Kier alpha value is -2.83. The average Bonchev–Trinajstić information content (AvgIpc) is 3.47. The summed E-state index contributed by atoms with van der Waals surface area (Å²) >= 11 is 1.75. The second kappa shape index (κ2) is 8.50. The number of carbonyl (C=O) groups is 1. The van der Waals surface area contributed by atoms with Crippen molar-refractivity contribution in [1.29, 1.82) is 0 Å². The third kappa shape index (κ3) is 4.02. The van der Waals surface area contributed by atoms with E-state index in [1.807, 2.05) is 19.2 Å². The van der Waals surface area contributed by atoms with Crippen molar-refractivity contribution in [1.82, 2.24) is 14.8 Å². The summed E-state index contributed by atoms with van der Waals surface area (Å²) in [6.07, 6.45) is 4.60. The Bertz CT molecular complexity index is 1230. The van der Waals surface area contributed by atoms with E-state index in [1.165, 1.54) is 27.8 Å². The lowest BCUT2D eigenvalue weighted by Crippen LogP contribution is -2.51. The maximum atomic E-state index is 13.2. The number of fused-ring (bicyclic) bond motifs is 2. The zero-order chi connectivity index (χ0) is 22.4. The lowest BCUT2D eigenvalue weighted by Gasteiger charge is -2.41. The molecule has 0 aliphatic carbocycles. The van der Waals surface area contributed by atoms with E-state index in [4.69, 9.17) is 4.99 Å². The molecule has 5 heterocycles. The smallest absolute Gasteiger partial charge is 0.227 e. The lowest BCUT2D eigenvalue weighted by atomic mass is 9.90. The Labute approximate surface area is 198 Å². The fourth-order valence-electron chi connectivity index (χ4n) is 5.53. The zero-order valence-electron chi connectivity index (χ0n) is 19.0. The molecule has 168 valence electrons. The van der Waals surface area contributed by atoms with Crippen molar-refractivity contribution in [3.63, 3.8) is 0 Å². The molecule has 0 bridgehead atoms. The van der Waals surface area contributed by atoms with Gasteiger partial charge in [0.2, 0.25) is 5.91 Å². The first-order valence-electron chi connectivity index (χ1n) is 11.8. The Balaban J connectivity index is 1.24. The van der Waals surface area contributed by atoms with E-state index in [2.05, 4.69) is 49.8 Å². The van der Waals surface area contributed by atoms with Crippen molar-refractivity contribution in [2.75, 3.05) is 13.1 Å². The van der Waals surface area contributed by atoms with Crippen molar-refractivity contribution < 1.29 is 4.79 Å². The number of piperidine rings is 1. The number of aryl methyl sites for hydroxylation is 1. The van der Waals surface area contributed by atoms with Crippen LogP contribution in [0, 0.1) is 6.92 Å². The molecule has 6 heteroatoms. The first kappa shape index (κ1) is 20.8. The predicted octanol–water partition coefficient (Wildman–Crippen LogP) is 4.35. The molecule has 0 saturated carbocycles. The zero-order valence-corrected chi connectivity index (χ0v) is 19.8. The Morgan fingerprint density at radius 2 is 2.09 bits per heavy atom. The third-order valence-electron chi connectivity index (χ3n) is 7.17. The van der Waals surface area contributed by atoms with Gasteiger partial charge in [-0.25, -0.2) is 0 Å². The molecular weight excluding hydrogens is 428 g/mol. The number of pyridine rings is 1. The summed E-state index contributed by atoms with van der Waals surface area (Å²) in [6, 6.07) is 11.2. The summed E-state index contributed by atoms with van der Waals surface area (Å²) in [4.78, 5) is 27.0. The van der Waals surface area contributed by atoms with Crippen molar-refractivity contribution in [2.45, 2.75) is 51.9 Å². The fraction of sp³-hybridized carbons (Fsp3) is 0.370. The number of aliphatic imine (C=N–C) groups is 1. The number of carbonyl (C=O) groups excluding carboxylic acids is 1.